The highest BCUT2D eigenvalue weighted by Gasteiger charge is 2.16. The molecule has 0 heterocycles. The molecule has 1 rings (SSSR count). The smallest absolute Gasteiger partial charge is 0.339 e. The van der Waals surface area contributed by atoms with Gasteiger partial charge in [0.25, 0.3) is 0 Å². The minimum Gasteiger partial charge on any atom is -0.506 e. The van der Waals surface area contributed by atoms with Gasteiger partial charge in [0.1, 0.15) is 11.3 Å². The zero-order valence-electron chi connectivity index (χ0n) is 7.93. The summed E-state index contributed by atoms with van der Waals surface area (Å²) in [5.74, 6) is -2.11. The van der Waals surface area contributed by atoms with Crippen LogP contribution in [-0.2, 0) is 0 Å². The average molecular weight is 206 g/mol. The molecule has 0 saturated carbocycles. The molecule has 78 valence electrons. The Morgan fingerprint density at radius 2 is 1.93 bits per heavy atom. The second kappa shape index (κ2) is 4.41. The predicted octanol–water partition coefficient (Wildman–Crippen LogP) is 1.85. The Hall–Kier alpha value is -2.10. The first-order valence-electron chi connectivity index (χ1n) is 4.27. The van der Waals surface area contributed by atoms with Crippen molar-refractivity contribution in [1.29, 1.82) is 0 Å². The summed E-state index contributed by atoms with van der Waals surface area (Å²) in [5, 5.41) is 18.2. The number of hydrogen-bond donors (Lipinski definition) is 2. The van der Waals surface area contributed by atoms with E-state index < -0.39 is 11.7 Å². The Morgan fingerprint density at radius 1 is 1.33 bits per heavy atom. The Morgan fingerprint density at radius 3 is 2.47 bits per heavy atom. The zero-order valence-corrected chi connectivity index (χ0v) is 7.93. The third kappa shape index (κ3) is 2.22. The molecule has 0 atom stereocenters. The highest BCUT2D eigenvalue weighted by Crippen LogP contribution is 2.23. The SMILES string of the molecule is C=CCC(=O)c1cccc(C(=O)O)c1O. The third-order valence-corrected chi connectivity index (χ3v) is 1.90. The zero-order chi connectivity index (χ0) is 11.4. The number of allylic oxidation sites excluding steroid dienone is 1. The summed E-state index contributed by atoms with van der Waals surface area (Å²) in [6, 6.07) is 4.04. The van der Waals surface area contributed by atoms with Gasteiger partial charge in [-0.3, -0.25) is 4.79 Å². The van der Waals surface area contributed by atoms with Crippen molar-refractivity contribution in [2.75, 3.05) is 0 Å². The average Bonchev–Trinajstić information content (AvgIpc) is 2.17. The van der Waals surface area contributed by atoms with Gasteiger partial charge in [-0.15, -0.1) is 6.58 Å². The van der Waals surface area contributed by atoms with E-state index in [4.69, 9.17) is 5.11 Å². The van der Waals surface area contributed by atoms with Crippen molar-refractivity contribution in [2.45, 2.75) is 6.42 Å². The number of hydrogen-bond acceptors (Lipinski definition) is 3. The van der Waals surface area contributed by atoms with Crippen LogP contribution in [0.5, 0.6) is 5.75 Å². The van der Waals surface area contributed by atoms with E-state index in [1.165, 1.54) is 24.3 Å². The molecule has 0 spiro atoms. The van der Waals surface area contributed by atoms with Gasteiger partial charge in [-0.2, -0.15) is 0 Å². The minimum atomic E-state index is -1.26. The maximum absolute atomic E-state index is 11.4. The van der Waals surface area contributed by atoms with Gasteiger partial charge >= 0.3 is 5.97 Å². The van der Waals surface area contributed by atoms with Crippen LogP contribution in [0.3, 0.4) is 0 Å². The topological polar surface area (TPSA) is 74.6 Å². The molecule has 0 aliphatic heterocycles. The normalized spacial score (nSPS) is 9.60. The van der Waals surface area contributed by atoms with Crippen molar-refractivity contribution in [3.8, 4) is 5.75 Å². The number of aromatic hydroxyl groups is 1. The lowest BCUT2D eigenvalue weighted by Gasteiger charge is -2.04. The van der Waals surface area contributed by atoms with Crippen molar-refractivity contribution >= 4 is 11.8 Å². The first kappa shape index (κ1) is 11.0. The highest BCUT2D eigenvalue weighted by atomic mass is 16.4. The van der Waals surface area contributed by atoms with Crippen LogP contribution in [0.25, 0.3) is 0 Å². The maximum atomic E-state index is 11.4. The molecule has 0 unspecified atom stereocenters. The fraction of sp³-hybridized carbons (Fsp3) is 0.0909. The molecular weight excluding hydrogens is 196 g/mol. The van der Waals surface area contributed by atoms with Crippen LogP contribution < -0.4 is 0 Å². The number of phenols is 1. The Balaban J connectivity index is 3.20. The molecular formula is C11H10O4. The minimum absolute atomic E-state index is 0.00907. The standard InChI is InChI=1S/C11H10O4/c1-2-4-9(12)7-5-3-6-8(10(7)13)11(14)15/h2-3,5-6,13H,1,4H2,(H,14,15). The first-order valence-corrected chi connectivity index (χ1v) is 4.27. The molecule has 0 radical (unpaired) electrons. The van der Waals surface area contributed by atoms with Crippen LogP contribution >= 0.6 is 0 Å². The lowest BCUT2D eigenvalue weighted by atomic mass is 10.0. The number of carboxylic acids is 1. The van der Waals surface area contributed by atoms with Crippen LogP contribution in [0, 0.1) is 0 Å². The molecule has 0 fully saturated rings. The number of Topliss-reactive ketones (excluding diaryl/α,β-unsaturated/α-hetero) is 1. The number of benzene rings is 1. The molecule has 0 saturated heterocycles. The molecule has 4 nitrogen and oxygen atoms in total. The van der Waals surface area contributed by atoms with Gasteiger partial charge in [0, 0.05) is 6.42 Å². The monoisotopic (exact) mass is 206 g/mol. The van der Waals surface area contributed by atoms with Gasteiger partial charge in [0.05, 0.1) is 5.56 Å². The van der Waals surface area contributed by atoms with Crippen molar-refractivity contribution in [3.63, 3.8) is 0 Å². The molecule has 0 bridgehead atoms. The second-order valence-corrected chi connectivity index (χ2v) is 2.92. The van der Waals surface area contributed by atoms with E-state index in [2.05, 4.69) is 6.58 Å². The van der Waals surface area contributed by atoms with Gasteiger partial charge in [-0.25, -0.2) is 4.79 Å². The van der Waals surface area contributed by atoms with E-state index in [1.54, 1.807) is 0 Å². The molecule has 0 aliphatic rings. The van der Waals surface area contributed by atoms with Gasteiger partial charge in [-0.05, 0) is 12.1 Å². The van der Waals surface area contributed by atoms with Gasteiger partial charge in [-0.1, -0.05) is 12.1 Å². The fourth-order valence-electron chi connectivity index (χ4n) is 1.18. The molecule has 0 amide bonds. The van der Waals surface area contributed by atoms with Gasteiger partial charge in [0.15, 0.2) is 5.78 Å². The first-order chi connectivity index (χ1) is 7.07. The number of carbonyl (C=O) groups excluding carboxylic acids is 1. The number of carbonyl (C=O) groups is 2. The summed E-state index contributed by atoms with van der Waals surface area (Å²) in [5.41, 5.74) is -0.264. The number of rotatable bonds is 4. The van der Waals surface area contributed by atoms with E-state index in [1.807, 2.05) is 0 Å². The summed E-state index contributed by atoms with van der Waals surface area (Å²) in [7, 11) is 0. The Bertz CT molecular complexity index is 421. The Kier molecular flexibility index (Phi) is 3.23. The number of ketones is 1. The van der Waals surface area contributed by atoms with Crippen LogP contribution in [0.2, 0.25) is 0 Å². The summed E-state index contributed by atoms with van der Waals surface area (Å²) in [4.78, 5) is 22.1. The number of carboxylic acid groups (broad SMARTS) is 1. The lowest BCUT2D eigenvalue weighted by molar-refractivity contribution is 0.0693. The van der Waals surface area contributed by atoms with E-state index in [-0.39, 0.29) is 23.3 Å². The maximum Gasteiger partial charge on any atom is 0.339 e. The van der Waals surface area contributed by atoms with Gasteiger partial charge in [0.2, 0.25) is 0 Å². The Labute approximate surface area is 86.5 Å². The summed E-state index contributed by atoms with van der Waals surface area (Å²) in [6.07, 6.45) is 1.46. The van der Waals surface area contributed by atoms with Crippen molar-refractivity contribution in [3.05, 3.63) is 42.0 Å². The number of para-hydroxylation sites is 1. The van der Waals surface area contributed by atoms with Gasteiger partial charge < -0.3 is 10.2 Å². The molecule has 1 aromatic carbocycles. The quantitative estimate of drug-likeness (QED) is 0.582. The highest BCUT2D eigenvalue weighted by molar-refractivity contribution is 6.03. The summed E-state index contributed by atoms with van der Waals surface area (Å²) >= 11 is 0. The molecule has 4 heteroatoms. The molecule has 0 aromatic heterocycles. The van der Waals surface area contributed by atoms with Crippen molar-refractivity contribution in [1.82, 2.24) is 0 Å². The van der Waals surface area contributed by atoms with E-state index in [0.717, 1.165) is 0 Å². The molecule has 2 N–H and O–H groups in total. The van der Waals surface area contributed by atoms with Crippen LogP contribution in [0.1, 0.15) is 27.1 Å². The lowest BCUT2D eigenvalue weighted by Crippen LogP contribution is -2.03. The van der Waals surface area contributed by atoms with E-state index >= 15 is 0 Å². The largest absolute Gasteiger partial charge is 0.506 e. The second-order valence-electron chi connectivity index (χ2n) is 2.92. The molecule has 15 heavy (non-hydrogen) atoms. The predicted molar refractivity (Wildman–Crippen MR) is 54.2 cm³/mol. The summed E-state index contributed by atoms with van der Waals surface area (Å²) < 4.78 is 0. The van der Waals surface area contributed by atoms with Crippen LogP contribution in [-0.4, -0.2) is 22.0 Å². The van der Waals surface area contributed by atoms with E-state index in [9.17, 15) is 14.7 Å². The third-order valence-electron chi connectivity index (χ3n) is 1.90. The summed E-state index contributed by atoms with van der Waals surface area (Å²) in [6.45, 7) is 3.39. The molecule has 1 aromatic rings. The van der Waals surface area contributed by atoms with Crippen LogP contribution in [0.4, 0.5) is 0 Å². The van der Waals surface area contributed by atoms with Crippen molar-refractivity contribution < 1.29 is 19.8 Å². The van der Waals surface area contributed by atoms with Crippen molar-refractivity contribution in [2.24, 2.45) is 0 Å². The number of aromatic carboxylic acids is 1. The fourth-order valence-corrected chi connectivity index (χ4v) is 1.18. The molecule has 0 aliphatic carbocycles. The van der Waals surface area contributed by atoms with E-state index in [0.29, 0.717) is 0 Å². The van der Waals surface area contributed by atoms with Crippen LogP contribution in [0.15, 0.2) is 30.9 Å².